The first kappa shape index (κ1) is 17.2. The van der Waals surface area contributed by atoms with E-state index in [9.17, 15) is 9.18 Å². The third kappa shape index (κ3) is 3.72. The van der Waals surface area contributed by atoms with Gasteiger partial charge in [0.15, 0.2) is 0 Å². The molecule has 1 amide bonds. The summed E-state index contributed by atoms with van der Waals surface area (Å²) in [6.45, 7) is 3.97. The SMILES string of the molecule is CC(C)Nc1cc(F)ccc1NC(=O)C1CC2CCCC(C1)C2N. The lowest BCUT2D eigenvalue weighted by Crippen LogP contribution is -2.48. The molecule has 5 heteroatoms. The zero-order chi connectivity index (χ0) is 17.3. The molecular formula is C19H28FN3O. The van der Waals surface area contributed by atoms with Gasteiger partial charge in [0.2, 0.25) is 5.91 Å². The maximum Gasteiger partial charge on any atom is 0.227 e. The monoisotopic (exact) mass is 333 g/mol. The van der Waals surface area contributed by atoms with Gasteiger partial charge in [-0.25, -0.2) is 4.39 Å². The van der Waals surface area contributed by atoms with Crippen LogP contribution in [0.1, 0.15) is 46.0 Å². The van der Waals surface area contributed by atoms with Crippen LogP contribution in [0.15, 0.2) is 18.2 Å². The Labute approximate surface area is 143 Å². The minimum atomic E-state index is -0.311. The molecule has 2 atom stereocenters. The first-order valence-corrected chi connectivity index (χ1v) is 9.06. The van der Waals surface area contributed by atoms with Gasteiger partial charge in [0.05, 0.1) is 11.4 Å². The second-order valence-corrected chi connectivity index (χ2v) is 7.67. The summed E-state index contributed by atoms with van der Waals surface area (Å²) in [5.41, 5.74) is 7.59. The van der Waals surface area contributed by atoms with Gasteiger partial charge in [-0.15, -0.1) is 0 Å². The summed E-state index contributed by atoms with van der Waals surface area (Å²) >= 11 is 0. The average molecular weight is 333 g/mol. The molecule has 24 heavy (non-hydrogen) atoms. The second-order valence-electron chi connectivity index (χ2n) is 7.67. The fraction of sp³-hybridized carbons (Fsp3) is 0.632. The number of fused-ring (bicyclic) bond motifs is 2. The summed E-state index contributed by atoms with van der Waals surface area (Å²) in [5, 5.41) is 6.20. The summed E-state index contributed by atoms with van der Waals surface area (Å²) in [7, 11) is 0. The first-order valence-electron chi connectivity index (χ1n) is 9.06. The van der Waals surface area contributed by atoms with Crippen LogP contribution in [0, 0.1) is 23.6 Å². The van der Waals surface area contributed by atoms with Crippen molar-refractivity contribution in [1.29, 1.82) is 0 Å². The van der Waals surface area contributed by atoms with Gasteiger partial charge in [0.1, 0.15) is 5.82 Å². The number of hydrogen-bond acceptors (Lipinski definition) is 3. The quantitative estimate of drug-likeness (QED) is 0.786. The molecule has 2 fully saturated rings. The molecule has 0 spiro atoms. The van der Waals surface area contributed by atoms with Crippen molar-refractivity contribution in [2.45, 2.75) is 58.0 Å². The van der Waals surface area contributed by atoms with Crippen molar-refractivity contribution in [3.05, 3.63) is 24.0 Å². The van der Waals surface area contributed by atoms with E-state index in [1.807, 2.05) is 13.8 Å². The third-order valence-corrected chi connectivity index (χ3v) is 5.47. The van der Waals surface area contributed by atoms with Gasteiger partial charge in [0, 0.05) is 18.0 Å². The molecular weight excluding hydrogens is 305 g/mol. The molecule has 1 aromatic carbocycles. The molecule has 2 saturated carbocycles. The van der Waals surface area contributed by atoms with E-state index in [0.717, 1.165) is 25.7 Å². The summed E-state index contributed by atoms with van der Waals surface area (Å²) in [6.07, 6.45) is 5.25. The van der Waals surface area contributed by atoms with Crippen LogP contribution in [0.25, 0.3) is 0 Å². The number of amides is 1. The Morgan fingerprint density at radius 3 is 2.50 bits per heavy atom. The van der Waals surface area contributed by atoms with Crippen LogP contribution < -0.4 is 16.4 Å². The van der Waals surface area contributed by atoms with Crippen molar-refractivity contribution in [1.82, 2.24) is 0 Å². The van der Waals surface area contributed by atoms with Crippen LogP contribution >= 0.6 is 0 Å². The van der Waals surface area contributed by atoms with Crippen molar-refractivity contribution < 1.29 is 9.18 Å². The van der Waals surface area contributed by atoms with Crippen LogP contribution in [0.2, 0.25) is 0 Å². The minimum absolute atomic E-state index is 0.0112. The third-order valence-electron chi connectivity index (χ3n) is 5.47. The summed E-state index contributed by atoms with van der Waals surface area (Å²) in [6, 6.07) is 4.86. The van der Waals surface area contributed by atoms with Gasteiger partial charge in [0.25, 0.3) is 0 Å². The van der Waals surface area contributed by atoms with Crippen LogP contribution in [-0.2, 0) is 4.79 Å². The summed E-state index contributed by atoms with van der Waals surface area (Å²) < 4.78 is 13.5. The number of rotatable bonds is 4. The molecule has 0 heterocycles. The Bertz CT molecular complexity index is 590. The molecule has 0 saturated heterocycles. The fourth-order valence-corrected chi connectivity index (χ4v) is 4.29. The van der Waals surface area contributed by atoms with Crippen molar-refractivity contribution >= 4 is 17.3 Å². The smallest absolute Gasteiger partial charge is 0.227 e. The highest BCUT2D eigenvalue weighted by Gasteiger charge is 2.40. The lowest BCUT2D eigenvalue weighted by Gasteiger charge is -2.43. The maximum absolute atomic E-state index is 13.5. The van der Waals surface area contributed by atoms with E-state index >= 15 is 0 Å². The van der Waals surface area contributed by atoms with E-state index in [-0.39, 0.29) is 29.7 Å². The average Bonchev–Trinajstić information content (AvgIpc) is 2.49. The Morgan fingerprint density at radius 2 is 1.88 bits per heavy atom. The van der Waals surface area contributed by atoms with Gasteiger partial charge in [-0.1, -0.05) is 6.42 Å². The molecule has 132 valence electrons. The van der Waals surface area contributed by atoms with Crippen LogP contribution in [0.4, 0.5) is 15.8 Å². The van der Waals surface area contributed by atoms with Crippen molar-refractivity contribution in [2.75, 3.05) is 10.6 Å². The minimum Gasteiger partial charge on any atom is -0.381 e. The highest BCUT2D eigenvalue weighted by Crippen LogP contribution is 2.42. The molecule has 2 unspecified atom stereocenters. The predicted octanol–water partition coefficient (Wildman–Crippen LogP) is 3.74. The number of halogens is 1. The van der Waals surface area contributed by atoms with Gasteiger partial charge in [-0.2, -0.15) is 0 Å². The number of carbonyl (C=O) groups is 1. The molecule has 0 aromatic heterocycles. The molecule has 2 aliphatic rings. The molecule has 4 N–H and O–H groups in total. The van der Waals surface area contributed by atoms with E-state index in [0.29, 0.717) is 23.2 Å². The highest BCUT2D eigenvalue weighted by atomic mass is 19.1. The number of hydrogen-bond donors (Lipinski definition) is 3. The number of benzene rings is 1. The lowest BCUT2D eigenvalue weighted by atomic mass is 9.65. The number of nitrogens with one attached hydrogen (secondary N) is 2. The zero-order valence-corrected chi connectivity index (χ0v) is 14.5. The van der Waals surface area contributed by atoms with E-state index < -0.39 is 0 Å². The van der Waals surface area contributed by atoms with Crippen LogP contribution in [0.3, 0.4) is 0 Å². The molecule has 2 bridgehead atoms. The number of anilines is 2. The molecule has 0 radical (unpaired) electrons. The number of carbonyl (C=O) groups excluding carboxylic acids is 1. The fourth-order valence-electron chi connectivity index (χ4n) is 4.29. The first-order chi connectivity index (χ1) is 11.4. The van der Waals surface area contributed by atoms with Gasteiger partial charge in [-0.05, 0) is 69.6 Å². The van der Waals surface area contributed by atoms with Crippen molar-refractivity contribution in [2.24, 2.45) is 23.5 Å². The van der Waals surface area contributed by atoms with E-state index in [4.69, 9.17) is 5.73 Å². The van der Waals surface area contributed by atoms with Crippen molar-refractivity contribution in [3.8, 4) is 0 Å². The normalized spacial score (nSPS) is 29.4. The molecule has 3 rings (SSSR count). The van der Waals surface area contributed by atoms with E-state index in [1.165, 1.54) is 18.6 Å². The van der Waals surface area contributed by atoms with Crippen LogP contribution in [0.5, 0.6) is 0 Å². The topological polar surface area (TPSA) is 67.1 Å². The van der Waals surface area contributed by atoms with Crippen LogP contribution in [-0.4, -0.2) is 18.0 Å². The highest BCUT2D eigenvalue weighted by molar-refractivity contribution is 5.95. The predicted molar refractivity (Wildman–Crippen MR) is 95.3 cm³/mol. The molecule has 1 aromatic rings. The van der Waals surface area contributed by atoms with Crippen molar-refractivity contribution in [3.63, 3.8) is 0 Å². The lowest BCUT2D eigenvalue weighted by molar-refractivity contribution is -0.122. The largest absolute Gasteiger partial charge is 0.381 e. The summed E-state index contributed by atoms with van der Waals surface area (Å²) in [5.74, 6) is 0.674. The second kappa shape index (κ2) is 7.09. The van der Waals surface area contributed by atoms with Gasteiger partial charge in [-0.3, -0.25) is 4.79 Å². The Kier molecular flexibility index (Phi) is 5.09. The molecule has 0 aliphatic heterocycles. The zero-order valence-electron chi connectivity index (χ0n) is 14.5. The number of nitrogens with two attached hydrogens (primary N) is 1. The maximum atomic E-state index is 13.5. The Morgan fingerprint density at radius 1 is 1.21 bits per heavy atom. The Balaban J connectivity index is 1.71. The van der Waals surface area contributed by atoms with Gasteiger partial charge < -0.3 is 16.4 Å². The molecule has 2 aliphatic carbocycles. The summed E-state index contributed by atoms with van der Waals surface area (Å²) in [4.78, 5) is 12.8. The Hall–Kier alpha value is -1.62. The van der Waals surface area contributed by atoms with E-state index in [2.05, 4.69) is 10.6 Å². The molecule has 4 nitrogen and oxygen atoms in total. The standard InChI is InChI=1S/C19H28FN3O/c1-11(2)22-17-10-15(20)6-7-16(17)23-19(24)14-8-12-4-3-5-13(9-14)18(12)21/h6-7,10-14,18,22H,3-5,8-9,21H2,1-2H3,(H,23,24). The van der Waals surface area contributed by atoms with E-state index in [1.54, 1.807) is 6.07 Å². The van der Waals surface area contributed by atoms with Gasteiger partial charge >= 0.3 is 0 Å².